The van der Waals surface area contributed by atoms with Crippen molar-refractivity contribution in [3.8, 4) is 6.07 Å². The lowest BCUT2D eigenvalue weighted by Gasteiger charge is -2.41. The van der Waals surface area contributed by atoms with Crippen LogP contribution in [0.15, 0.2) is 0 Å². The Morgan fingerprint density at radius 2 is 1.83 bits per heavy atom. The summed E-state index contributed by atoms with van der Waals surface area (Å²) >= 11 is 0. The zero-order chi connectivity index (χ0) is 13.3. The van der Waals surface area contributed by atoms with Gasteiger partial charge >= 0.3 is 0 Å². The Bertz CT molecular complexity index is 366. The number of hydrogen-bond donors (Lipinski definition) is 0. The summed E-state index contributed by atoms with van der Waals surface area (Å²) in [6.45, 7) is 8.29. The van der Waals surface area contributed by atoms with Gasteiger partial charge in [0.2, 0.25) is 5.91 Å². The highest BCUT2D eigenvalue weighted by Gasteiger charge is 2.37. The summed E-state index contributed by atoms with van der Waals surface area (Å²) < 4.78 is 0. The smallest absolute Gasteiger partial charge is 0.239 e. The molecule has 5 nitrogen and oxygen atoms in total. The van der Waals surface area contributed by atoms with Crippen molar-refractivity contribution in [1.29, 1.82) is 5.26 Å². The molecule has 0 saturated carbocycles. The Morgan fingerprint density at radius 1 is 1.22 bits per heavy atom. The maximum Gasteiger partial charge on any atom is 0.239 e. The van der Waals surface area contributed by atoms with Gasteiger partial charge in [0, 0.05) is 39.8 Å². The number of likely N-dealkylation sites (N-methyl/N-ethyl adjacent to an activating group) is 1. The Hall–Kier alpha value is -1.12. The van der Waals surface area contributed by atoms with E-state index < -0.39 is 5.54 Å². The summed E-state index contributed by atoms with van der Waals surface area (Å²) in [5.74, 6) is 0.253. The molecule has 0 radical (unpaired) electrons. The van der Waals surface area contributed by atoms with E-state index in [9.17, 15) is 4.79 Å². The van der Waals surface area contributed by atoms with E-state index in [2.05, 4.69) is 15.9 Å². The van der Waals surface area contributed by atoms with E-state index in [4.69, 9.17) is 5.26 Å². The molecule has 2 fully saturated rings. The zero-order valence-electron chi connectivity index (χ0n) is 11.5. The molecule has 100 valence electrons. The Morgan fingerprint density at radius 3 is 2.28 bits per heavy atom. The lowest BCUT2D eigenvalue weighted by atomic mass is 10.0. The molecule has 2 aliphatic heterocycles. The van der Waals surface area contributed by atoms with E-state index in [-0.39, 0.29) is 11.9 Å². The van der Waals surface area contributed by atoms with E-state index >= 15 is 0 Å². The van der Waals surface area contributed by atoms with Crippen LogP contribution < -0.4 is 0 Å². The minimum Gasteiger partial charge on any atom is -0.344 e. The molecule has 0 bridgehead atoms. The number of amides is 1. The normalized spacial score (nSPS) is 27.6. The first kappa shape index (κ1) is 13.3. The molecule has 2 saturated heterocycles. The number of hydrogen-bond acceptors (Lipinski definition) is 4. The van der Waals surface area contributed by atoms with E-state index in [1.807, 2.05) is 25.8 Å². The lowest BCUT2D eigenvalue weighted by Crippen LogP contribution is -2.57. The van der Waals surface area contributed by atoms with Crippen LogP contribution in [0.25, 0.3) is 0 Å². The van der Waals surface area contributed by atoms with Crippen molar-refractivity contribution in [2.24, 2.45) is 0 Å². The largest absolute Gasteiger partial charge is 0.344 e. The standard InChI is InChI=1S/C13H22N4O/c1-13(2,10-14)17-8-6-16(7-9-17)11-4-5-15(3)12(11)18/h11H,4-9H2,1-3H3. The average molecular weight is 250 g/mol. The molecule has 1 atom stereocenters. The second-order valence-electron chi connectivity index (χ2n) is 5.76. The van der Waals surface area contributed by atoms with Crippen molar-refractivity contribution in [3.63, 3.8) is 0 Å². The number of piperazine rings is 1. The molecule has 0 aromatic rings. The summed E-state index contributed by atoms with van der Waals surface area (Å²) in [4.78, 5) is 18.2. The fourth-order valence-corrected chi connectivity index (χ4v) is 2.81. The molecule has 0 N–H and O–H groups in total. The third kappa shape index (κ3) is 2.36. The van der Waals surface area contributed by atoms with Crippen molar-refractivity contribution >= 4 is 5.91 Å². The van der Waals surface area contributed by atoms with Gasteiger partial charge < -0.3 is 4.90 Å². The van der Waals surface area contributed by atoms with E-state index in [0.717, 1.165) is 39.1 Å². The van der Waals surface area contributed by atoms with Crippen molar-refractivity contribution in [2.75, 3.05) is 39.8 Å². The van der Waals surface area contributed by atoms with Crippen molar-refractivity contribution < 1.29 is 4.79 Å². The quantitative estimate of drug-likeness (QED) is 0.699. The van der Waals surface area contributed by atoms with Crippen LogP contribution in [0.5, 0.6) is 0 Å². The van der Waals surface area contributed by atoms with Gasteiger partial charge in [0.25, 0.3) is 0 Å². The van der Waals surface area contributed by atoms with Crippen LogP contribution >= 0.6 is 0 Å². The third-order valence-electron chi connectivity index (χ3n) is 4.22. The summed E-state index contributed by atoms with van der Waals surface area (Å²) in [6.07, 6.45) is 0.941. The second-order valence-corrected chi connectivity index (χ2v) is 5.76. The first-order chi connectivity index (χ1) is 8.45. The molecule has 0 aromatic heterocycles. The molecule has 2 aliphatic rings. The molecule has 1 unspecified atom stereocenters. The fraction of sp³-hybridized carbons (Fsp3) is 0.846. The SMILES string of the molecule is CN1CCC(N2CCN(C(C)(C)C#N)CC2)C1=O. The van der Waals surface area contributed by atoms with Crippen LogP contribution in [0.2, 0.25) is 0 Å². The van der Waals surface area contributed by atoms with Crippen LogP contribution in [0.3, 0.4) is 0 Å². The van der Waals surface area contributed by atoms with Gasteiger partial charge in [-0.05, 0) is 20.3 Å². The Labute approximate surface area is 109 Å². The van der Waals surface area contributed by atoms with Gasteiger partial charge in [-0.2, -0.15) is 5.26 Å². The molecule has 0 aliphatic carbocycles. The number of rotatable bonds is 2. The van der Waals surface area contributed by atoms with Crippen molar-refractivity contribution in [3.05, 3.63) is 0 Å². The first-order valence-corrected chi connectivity index (χ1v) is 6.61. The van der Waals surface area contributed by atoms with Crippen LogP contribution in [0.4, 0.5) is 0 Å². The van der Waals surface area contributed by atoms with Crippen LogP contribution in [0, 0.1) is 11.3 Å². The second kappa shape index (κ2) is 4.87. The number of carbonyl (C=O) groups excluding carboxylic acids is 1. The number of carbonyl (C=O) groups is 1. The van der Waals surface area contributed by atoms with Gasteiger partial charge in [0.15, 0.2) is 0 Å². The fourth-order valence-electron chi connectivity index (χ4n) is 2.81. The maximum atomic E-state index is 12.0. The number of nitrogens with zero attached hydrogens (tertiary/aromatic N) is 4. The van der Waals surface area contributed by atoms with Crippen molar-refractivity contribution in [2.45, 2.75) is 31.8 Å². The van der Waals surface area contributed by atoms with E-state index in [1.54, 1.807) is 0 Å². The molecule has 1 amide bonds. The maximum absolute atomic E-state index is 12.0. The number of likely N-dealkylation sites (tertiary alicyclic amines) is 1. The highest BCUT2D eigenvalue weighted by molar-refractivity contribution is 5.83. The Kier molecular flexibility index (Phi) is 3.60. The summed E-state index contributed by atoms with van der Waals surface area (Å²) in [7, 11) is 1.87. The van der Waals surface area contributed by atoms with Gasteiger partial charge in [-0.1, -0.05) is 0 Å². The first-order valence-electron chi connectivity index (χ1n) is 6.61. The predicted molar refractivity (Wildman–Crippen MR) is 68.9 cm³/mol. The van der Waals surface area contributed by atoms with E-state index in [1.165, 1.54) is 0 Å². The monoisotopic (exact) mass is 250 g/mol. The van der Waals surface area contributed by atoms with Crippen LogP contribution in [0.1, 0.15) is 20.3 Å². The van der Waals surface area contributed by atoms with Gasteiger partial charge in [0.05, 0.1) is 12.1 Å². The van der Waals surface area contributed by atoms with Crippen molar-refractivity contribution in [1.82, 2.24) is 14.7 Å². The molecule has 2 rings (SSSR count). The highest BCUT2D eigenvalue weighted by atomic mass is 16.2. The summed E-state index contributed by atoms with van der Waals surface area (Å²) in [5, 5.41) is 9.13. The molecule has 0 spiro atoms. The molecular weight excluding hydrogens is 228 g/mol. The van der Waals surface area contributed by atoms with Gasteiger partial charge in [0.1, 0.15) is 5.54 Å². The van der Waals surface area contributed by atoms with E-state index in [0.29, 0.717) is 0 Å². The zero-order valence-corrected chi connectivity index (χ0v) is 11.5. The van der Waals surface area contributed by atoms with Gasteiger partial charge in [-0.25, -0.2) is 0 Å². The van der Waals surface area contributed by atoms with Gasteiger partial charge in [-0.3, -0.25) is 14.6 Å². The highest BCUT2D eigenvalue weighted by Crippen LogP contribution is 2.21. The predicted octanol–water partition coefficient (Wildman–Crippen LogP) is 0.137. The number of nitriles is 1. The Balaban J connectivity index is 1.92. The minimum absolute atomic E-state index is 0.0716. The molecule has 5 heteroatoms. The summed E-state index contributed by atoms with van der Waals surface area (Å²) in [5.41, 5.74) is -0.400. The van der Waals surface area contributed by atoms with Gasteiger partial charge in [-0.15, -0.1) is 0 Å². The topological polar surface area (TPSA) is 50.6 Å². The minimum atomic E-state index is -0.400. The van der Waals surface area contributed by atoms with Crippen LogP contribution in [-0.4, -0.2) is 72.0 Å². The lowest BCUT2D eigenvalue weighted by molar-refractivity contribution is -0.131. The molecule has 18 heavy (non-hydrogen) atoms. The summed E-state index contributed by atoms with van der Waals surface area (Å²) in [6, 6.07) is 2.42. The van der Waals surface area contributed by atoms with Crippen LogP contribution in [-0.2, 0) is 4.79 Å². The third-order valence-corrected chi connectivity index (χ3v) is 4.22. The molecule has 2 heterocycles. The average Bonchev–Trinajstić information content (AvgIpc) is 2.70. The molecule has 0 aromatic carbocycles. The molecular formula is C13H22N4O.